The Morgan fingerprint density at radius 2 is 2.00 bits per heavy atom. The number of nitrogens with zero attached hydrogens (tertiary/aromatic N) is 1. The Morgan fingerprint density at radius 1 is 1.33 bits per heavy atom. The van der Waals surface area contributed by atoms with Crippen molar-refractivity contribution in [2.45, 2.75) is 38.2 Å². The molecule has 1 rings (SSSR count). The standard InChI is InChI=1S/C13H26N2O3/c1-18-11-12(16)6-7-14-10-13(17)15-8-4-2-3-5-9-15/h12,14,16H,2-11H2,1H3. The molecule has 0 aromatic rings. The largest absolute Gasteiger partial charge is 0.391 e. The number of hydrogen-bond acceptors (Lipinski definition) is 4. The number of nitrogens with one attached hydrogen (secondary N) is 1. The van der Waals surface area contributed by atoms with Crippen LogP contribution in [0.5, 0.6) is 0 Å². The number of likely N-dealkylation sites (tertiary alicyclic amines) is 1. The highest BCUT2D eigenvalue weighted by atomic mass is 16.5. The number of methoxy groups -OCH3 is 1. The van der Waals surface area contributed by atoms with Crippen molar-refractivity contribution < 1.29 is 14.6 Å². The molecule has 0 aromatic carbocycles. The molecule has 1 heterocycles. The molecule has 0 aromatic heterocycles. The van der Waals surface area contributed by atoms with Crippen LogP contribution in [0, 0.1) is 0 Å². The molecule has 1 aliphatic rings. The number of rotatable bonds is 7. The minimum absolute atomic E-state index is 0.179. The summed E-state index contributed by atoms with van der Waals surface area (Å²) in [4.78, 5) is 13.8. The van der Waals surface area contributed by atoms with Crippen LogP contribution < -0.4 is 5.32 Å². The Labute approximate surface area is 109 Å². The first-order valence-electron chi connectivity index (χ1n) is 6.89. The average molecular weight is 258 g/mol. The molecule has 18 heavy (non-hydrogen) atoms. The Hall–Kier alpha value is -0.650. The van der Waals surface area contributed by atoms with E-state index in [1.54, 1.807) is 7.11 Å². The van der Waals surface area contributed by atoms with E-state index in [0.717, 1.165) is 25.9 Å². The fourth-order valence-corrected chi connectivity index (χ4v) is 2.17. The first-order chi connectivity index (χ1) is 8.74. The van der Waals surface area contributed by atoms with E-state index in [0.29, 0.717) is 26.1 Å². The van der Waals surface area contributed by atoms with Gasteiger partial charge in [-0.2, -0.15) is 0 Å². The van der Waals surface area contributed by atoms with Gasteiger partial charge < -0.3 is 20.1 Å². The topological polar surface area (TPSA) is 61.8 Å². The zero-order valence-corrected chi connectivity index (χ0v) is 11.4. The second kappa shape index (κ2) is 9.30. The molecule has 1 amide bonds. The van der Waals surface area contributed by atoms with Crippen LogP contribution in [0.15, 0.2) is 0 Å². The van der Waals surface area contributed by atoms with Gasteiger partial charge in [-0.3, -0.25) is 4.79 Å². The molecule has 2 N–H and O–H groups in total. The van der Waals surface area contributed by atoms with Crippen molar-refractivity contribution in [3.63, 3.8) is 0 Å². The normalized spacial score (nSPS) is 18.4. The summed E-state index contributed by atoms with van der Waals surface area (Å²) in [5, 5.41) is 12.5. The predicted molar refractivity (Wildman–Crippen MR) is 70.4 cm³/mol. The van der Waals surface area contributed by atoms with Crippen molar-refractivity contribution in [2.75, 3.05) is 39.9 Å². The first-order valence-corrected chi connectivity index (χ1v) is 6.89. The van der Waals surface area contributed by atoms with Crippen molar-refractivity contribution in [3.8, 4) is 0 Å². The Bertz CT molecular complexity index is 228. The molecule has 0 bridgehead atoms. The highest BCUT2D eigenvalue weighted by Crippen LogP contribution is 2.09. The maximum Gasteiger partial charge on any atom is 0.236 e. The van der Waals surface area contributed by atoms with E-state index in [4.69, 9.17) is 4.74 Å². The highest BCUT2D eigenvalue weighted by Gasteiger charge is 2.14. The Kier molecular flexibility index (Phi) is 7.96. The van der Waals surface area contributed by atoms with Crippen molar-refractivity contribution >= 4 is 5.91 Å². The highest BCUT2D eigenvalue weighted by molar-refractivity contribution is 5.78. The van der Waals surface area contributed by atoms with Gasteiger partial charge in [-0.25, -0.2) is 0 Å². The van der Waals surface area contributed by atoms with Crippen molar-refractivity contribution in [1.29, 1.82) is 0 Å². The van der Waals surface area contributed by atoms with Gasteiger partial charge in [-0.15, -0.1) is 0 Å². The zero-order chi connectivity index (χ0) is 13.2. The fraction of sp³-hybridized carbons (Fsp3) is 0.923. The number of aliphatic hydroxyl groups is 1. The first kappa shape index (κ1) is 15.4. The van der Waals surface area contributed by atoms with E-state index in [9.17, 15) is 9.90 Å². The van der Waals surface area contributed by atoms with Gasteiger partial charge in [-0.05, 0) is 25.8 Å². The van der Waals surface area contributed by atoms with Gasteiger partial charge >= 0.3 is 0 Å². The average Bonchev–Trinajstić information content (AvgIpc) is 2.63. The van der Waals surface area contributed by atoms with E-state index in [2.05, 4.69) is 5.32 Å². The molecule has 1 fully saturated rings. The third kappa shape index (κ3) is 6.33. The minimum atomic E-state index is -0.448. The van der Waals surface area contributed by atoms with Gasteiger partial charge in [0.1, 0.15) is 0 Å². The minimum Gasteiger partial charge on any atom is -0.391 e. The molecule has 1 saturated heterocycles. The van der Waals surface area contributed by atoms with Crippen LogP contribution >= 0.6 is 0 Å². The zero-order valence-electron chi connectivity index (χ0n) is 11.4. The van der Waals surface area contributed by atoms with Crippen molar-refractivity contribution in [3.05, 3.63) is 0 Å². The molecule has 1 aliphatic heterocycles. The lowest BCUT2D eigenvalue weighted by Crippen LogP contribution is -2.39. The van der Waals surface area contributed by atoms with Gasteiger partial charge in [-0.1, -0.05) is 12.8 Å². The summed E-state index contributed by atoms with van der Waals surface area (Å²) in [5.41, 5.74) is 0. The van der Waals surface area contributed by atoms with Gasteiger partial charge in [0.05, 0.1) is 19.3 Å². The molecule has 0 aliphatic carbocycles. The number of amides is 1. The number of carbonyl (C=O) groups is 1. The molecule has 0 radical (unpaired) electrons. The second-order valence-electron chi connectivity index (χ2n) is 4.87. The predicted octanol–water partition coefficient (Wildman–Crippen LogP) is 0.376. The van der Waals surface area contributed by atoms with Crippen molar-refractivity contribution in [2.24, 2.45) is 0 Å². The van der Waals surface area contributed by atoms with Crippen LogP contribution in [0.2, 0.25) is 0 Å². The lowest BCUT2D eigenvalue weighted by atomic mass is 10.2. The van der Waals surface area contributed by atoms with Gasteiger partial charge in [0.15, 0.2) is 0 Å². The van der Waals surface area contributed by atoms with E-state index >= 15 is 0 Å². The van der Waals surface area contributed by atoms with Gasteiger partial charge in [0.25, 0.3) is 0 Å². The number of carbonyl (C=O) groups excluding carboxylic acids is 1. The molecule has 0 spiro atoms. The lowest BCUT2D eigenvalue weighted by molar-refractivity contribution is -0.130. The summed E-state index contributed by atoms with van der Waals surface area (Å²) < 4.78 is 4.84. The van der Waals surface area contributed by atoms with Crippen molar-refractivity contribution in [1.82, 2.24) is 10.2 Å². The fourth-order valence-electron chi connectivity index (χ4n) is 2.17. The summed E-state index contributed by atoms with van der Waals surface area (Å²) in [7, 11) is 1.57. The third-order valence-electron chi connectivity index (χ3n) is 3.25. The number of hydrogen-bond donors (Lipinski definition) is 2. The van der Waals surface area contributed by atoms with Crippen LogP contribution in [0.25, 0.3) is 0 Å². The Balaban J connectivity index is 2.08. The van der Waals surface area contributed by atoms with Crippen LogP contribution in [0.4, 0.5) is 0 Å². The molecule has 0 saturated carbocycles. The van der Waals surface area contributed by atoms with E-state index < -0.39 is 6.10 Å². The second-order valence-corrected chi connectivity index (χ2v) is 4.87. The molecule has 5 nitrogen and oxygen atoms in total. The van der Waals surface area contributed by atoms with Crippen LogP contribution in [0.1, 0.15) is 32.1 Å². The summed E-state index contributed by atoms with van der Waals surface area (Å²) >= 11 is 0. The monoisotopic (exact) mass is 258 g/mol. The molecular formula is C13H26N2O3. The third-order valence-corrected chi connectivity index (χ3v) is 3.25. The summed E-state index contributed by atoms with van der Waals surface area (Å²) in [5.74, 6) is 0.179. The van der Waals surface area contributed by atoms with Gasteiger partial charge in [0.2, 0.25) is 5.91 Å². The van der Waals surface area contributed by atoms with Crippen LogP contribution in [0.3, 0.4) is 0 Å². The molecule has 5 heteroatoms. The van der Waals surface area contributed by atoms with Gasteiger partial charge in [0, 0.05) is 20.2 Å². The number of aliphatic hydroxyl groups excluding tert-OH is 1. The SMILES string of the molecule is COCC(O)CCNCC(=O)N1CCCCCC1. The summed E-state index contributed by atoms with van der Waals surface area (Å²) in [6.45, 7) is 3.16. The Morgan fingerprint density at radius 3 is 2.61 bits per heavy atom. The molecule has 1 atom stereocenters. The van der Waals surface area contributed by atoms with Crippen LogP contribution in [-0.4, -0.2) is 61.9 Å². The van der Waals surface area contributed by atoms with Crippen LogP contribution in [-0.2, 0) is 9.53 Å². The number of ether oxygens (including phenoxy) is 1. The summed E-state index contributed by atoms with van der Waals surface area (Å²) in [6, 6.07) is 0. The van der Waals surface area contributed by atoms with E-state index in [1.165, 1.54) is 12.8 Å². The lowest BCUT2D eigenvalue weighted by Gasteiger charge is -2.20. The quantitative estimate of drug-likeness (QED) is 0.648. The maximum absolute atomic E-state index is 11.9. The molecule has 1 unspecified atom stereocenters. The molecular weight excluding hydrogens is 232 g/mol. The smallest absolute Gasteiger partial charge is 0.236 e. The summed E-state index contributed by atoms with van der Waals surface area (Å²) in [6.07, 6.45) is 4.88. The van der Waals surface area contributed by atoms with E-state index in [1.807, 2.05) is 4.90 Å². The maximum atomic E-state index is 11.9. The van der Waals surface area contributed by atoms with E-state index in [-0.39, 0.29) is 5.91 Å². The molecule has 106 valence electrons.